The number of hydrogen-bond donors (Lipinski definition) is 3. The monoisotopic (exact) mass is 227 g/mol. The van der Waals surface area contributed by atoms with Gasteiger partial charge in [0.1, 0.15) is 5.69 Å². The van der Waals surface area contributed by atoms with Crippen molar-refractivity contribution >= 4 is 16.8 Å². The molecule has 0 spiro atoms. The van der Waals surface area contributed by atoms with Crippen LogP contribution in [0.1, 0.15) is 10.4 Å². The molecule has 17 heavy (non-hydrogen) atoms. The number of nitrogens with zero attached hydrogens (tertiary/aromatic N) is 2. The minimum atomic E-state index is -0.477. The van der Waals surface area contributed by atoms with Crippen LogP contribution in [0.4, 0.5) is 0 Å². The van der Waals surface area contributed by atoms with Gasteiger partial charge in [0.05, 0.1) is 11.2 Å². The number of rotatable bonds is 2. The number of primary amides is 1. The largest absolute Gasteiger partial charge is 0.366 e. The Balaban J connectivity index is 2.19. The molecule has 0 aliphatic heterocycles. The van der Waals surface area contributed by atoms with E-state index in [0.717, 1.165) is 10.9 Å². The number of nitrogens with one attached hydrogen (secondary N) is 2. The summed E-state index contributed by atoms with van der Waals surface area (Å²) < 4.78 is 0. The van der Waals surface area contributed by atoms with Crippen molar-refractivity contribution in [2.75, 3.05) is 0 Å². The zero-order chi connectivity index (χ0) is 11.8. The molecule has 6 heteroatoms. The Morgan fingerprint density at radius 2 is 2.24 bits per heavy atom. The van der Waals surface area contributed by atoms with Gasteiger partial charge in [0.2, 0.25) is 5.91 Å². The van der Waals surface area contributed by atoms with Crippen LogP contribution in [0.5, 0.6) is 0 Å². The number of carbonyl (C=O) groups excluding carboxylic acids is 1. The molecule has 0 bridgehead atoms. The van der Waals surface area contributed by atoms with E-state index >= 15 is 0 Å². The maximum Gasteiger partial charge on any atom is 0.248 e. The number of fused-ring (bicyclic) bond motifs is 1. The van der Waals surface area contributed by atoms with Gasteiger partial charge in [0.15, 0.2) is 0 Å². The fourth-order valence-electron chi connectivity index (χ4n) is 1.74. The highest BCUT2D eigenvalue weighted by atomic mass is 16.1. The van der Waals surface area contributed by atoms with Crippen molar-refractivity contribution in [3.63, 3.8) is 0 Å². The quantitative estimate of drug-likeness (QED) is 0.610. The topological polar surface area (TPSA) is 100 Å². The van der Waals surface area contributed by atoms with Gasteiger partial charge < -0.3 is 10.7 Å². The Morgan fingerprint density at radius 1 is 1.35 bits per heavy atom. The molecule has 3 heterocycles. The first-order valence-electron chi connectivity index (χ1n) is 5.03. The van der Waals surface area contributed by atoms with Gasteiger partial charge in [-0.3, -0.25) is 14.9 Å². The fourth-order valence-corrected chi connectivity index (χ4v) is 1.74. The summed E-state index contributed by atoms with van der Waals surface area (Å²) in [5.41, 5.74) is 7.86. The molecule has 6 nitrogen and oxygen atoms in total. The second-order valence-corrected chi connectivity index (χ2v) is 3.65. The summed E-state index contributed by atoms with van der Waals surface area (Å²) in [5.74, 6) is -0.477. The van der Waals surface area contributed by atoms with Crippen molar-refractivity contribution in [2.45, 2.75) is 0 Å². The Morgan fingerprint density at radius 3 is 3.06 bits per heavy atom. The molecular formula is C11H9N5O. The van der Waals surface area contributed by atoms with Crippen molar-refractivity contribution in [1.29, 1.82) is 0 Å². The Kier molecular flexibility index (Phi) is 1.94. The molecular weight excluding hydrogens is 218 g/mol. The first-order valence-corrected chi connectivity index (χ1v) is 5.03. The lowest BCUT2D eigenvalue weighted by Gasteiger charge is -1.98. The second-order valence-electron chi connectivity index (χ2n) is 3.65. The van der Waals surface area contributed by atoms with Crippen LogP contribution in [0.25, 0.3) is 22.3 Å². The summed E-state index contributed by atoms with van der Waals surface area (Å²) in [6.07, 6.45) is 5.18. The molecule has 0 saturated carbocycles. The van der Waals surface area contributed by atoms with E-state index in [4.69, 9.17) is 5.73 Å². The van der Waals surface area contributed by atoms with Crippen LogP contribution in [0.3, 0.4) is 0 Å². The molecule has 0 saturated heterocycles. The lowest BCUT2D eigenvalue weighted by Crippen LogP contribution is -2.11. The summed E-state index contributed by atoms with van der Waals surface area (Å²) in [6, 6.07) is 3.21. The summed E-state index contributed by atoms with van der Waals surface area (Å²) in [7, 11) is 0. The zero-order valence-electron chi connectivity index (χ0n) is 8.77. The van der Waals surface area contributed by atoms with Crippen LogP contribution < -0.4 is 5.73 Å². The predicted molar refractivity (Wildman–Crippen MR) is 62.2 cm³/mol. The highest BCUT2D eigenvalue weighted by molar-refractivity contribution is 5.96. The average Bonchev–Trinajstić information content (AvgIpc) is 2.90. The maximum absolute atomic E-state index is 11.1. The Bertz CT molecular complexity index is 697. The Labute approximate surface area is 95.9 Å². The second kappa shape index (κ2) is 3.44. The van der Waals surface area contributed by atoms with Crippen molar-refractivity contribution < 1.29 is 4.79 Å². The van der Waals surface area contributed by atoms with Gasteiger partial charge in [-0.25, -0.2) is 0 Å². The van der Waals surface area contributed by atoms with Crippen molar-refractivity contribution in [1.82, 2.24) is 20.2 Å². The van der Waals surface area contributed by atoms with Crippen molar-refractivity contribution in [2.24, 2.45) is 5.73 Å². The highest BCUT2D eigenvalue weighted by Gasteiger charge is 2.11. The summed E-state index contributed by atoms with van der Waals surface area (Å²) in [5, 5.41) is 7.97. The van der Waals surface area contributed by atoms with Gasteiger partial charge in [-0.2, -0.15) is 5.10 Å². The van der Waals surface area contributed by atoms with Gasteiger partial charge in [0.25, 0.3) is 0 Å². The number of amides is 1. The van der Waals surface area contributed by atoms with Crippen LogP contribution in [-0.2, 0) is 0 Å². The van der Waals surface area contributed by atoms with Crippen LogP contribution >= 0.6 is 0 Å². The minimum absolute atomic E-state index is 0.418. The zero-order valence-corrected chi connectivity index (χ0v) is 8.77. The van der Waals surface area contributed by atoms with Crippen LogP contribution in [0, 0.1) is 0 Å². The van der Waals surface area contributed by atoms with E-state index < -0.39 is 5.91 Å². The number of hydrogen-bond acceptors (Lipinski definition) is 3. The van der Waals surface area contributed by atoms with E-state index in [1.165, 1.54) is 0 Å². The molecule has 0 atom stereocenters. The van der Waals surface area contributed by atoms with Crippen LogP contribution in [0.15, 0.2) is 30.7 Å². The maximum atomic E-state index is 11.1. The third kappa shape index (κ3) is 1.46. The molecule has 84 valence electrons. The lowest BCUT2D eigenvalue weighted by atomic mass is 10.1. The van der Waals surface area contributed by atoms with Crippen molar-refractivity contribution in [3.8, 4) is 11.4 Å². The van der Waals surface area contributed by atoms with E-state index in [-0.39, 0.29) is 0 Å². The Hall–Kier alpha value is -2.63. The van der Waals surface area contributed by atoms with E-state index in [9.17, 15) is 4.79 Å². The van der Waals surface area contributed by atoms with E-state index in [2.05, 4.69) is 20.2 Å². The van der Waals surface area contributed by atoms with Gasteiger partial charge >= 0.3 is 0 Å². The number of carbonyl (C=O) groups is 1. The molecule has 0 unspecified atom stereocenters. The van der Waals surface area contributed by atoms with Crippen LogP contribution in [-0.4, -0.2) is 26.1 Å². The normalized spacial score (nSPS) is 10.8. The van der Waals surface area contributed by atoms with E-state index in [1.807, 2.05) is 12.4 Å². The number of H-pyrrole nitrogens is 2. The van der Waals surface area contributed by atoms with Crippen molar-refractivity contribution in [3.05, 3.63) is 36.3 Å². The molecule has 3 aromatic rings. The SMILES string of the molecule is NC(=O)c1ccnc(-c2n[nH]c3c[nH]cc23)c1. The minimum Gasteiger partial charge on any atom is -0.366 e. The number of aromatic nitrogens is 4. The molecule has 3 aromatic heterocycles. The summed E-state index contributed by atoms with van der Waals surface area (Å²) in [6.45, 7) is 0. The molecule has 0 fully saturated rings. The molecule has 1 amide bonds. The molecule has 0 radical (unpaired) electrons. The molecule has 0 aliphatic rings. The molecule has 0 aromatic carbocycles. The number of aromatic amines is 2. The van der Waals surface area contributed by atoms with Gasteiger partial charge in [-0.1, -0.05) is 0 Å². The lowest BCUT2D eigenvalue weighted by molar-refractivity contribution is 0.1000. The third-order valence-electron chi connectivity index (χ3n) is 2.58. The average molecular weight is 227 g/mol. The van der Waals surface area contributed by atoms with Crippen LogP contribution in [0.2, 0.25) is 0 Å². The smallest absolute Gasteiger partial charge is 0.248 e. The predicted octanol–water partition coefficient (Wildman–Crippen LogP) is 1.05. The third-order valence-corrected chi connectivity index (χ3v) is 2.58. The molecule has 4 N–H and O–H groups in total. The standard InChI is InChI=1S/C11H9N5O/c12-11(17)6-1-2-14-8(3-6)10-7-4-13-5-9(7)15-16-10/h1-5,13,15H,(H2,12,17). The number of nitrogens with two attached hydrogens (primary N) is 1. The van der Waals surface area contributed by atoms with E-state index in [1.54, 1.807) is 18.3 Å². The van der Waals surface area contributed by atoms with Gasteiger partial charge in [-0.15, -0.1) is 0 Å². The highest BCUT2D eigenvalue weighted by Crippen LogP contribution is 2.24. The number of pyridine rings is 1. The van der Waals surface area contributed by atoms with Gasteiger partial charge in [-0.05, 0) is 12.1 Å². The first kappa shape index (κ1) is 9.59. The van der Waals surface area contributed by atoms with E-state index in [0.29, 0.717) is 17.0 Å². The summed E-state index contributed by atoms with van der Waals surface area (Å²) >= 11 is 0. The molecule has 0 aliphatic carbocycles. The van der Waals surface area contributed by atoms with Gasteiger partial charge in [0, 0.05) is 29.5 Å². The summed E-state index contributed by atoms with van der Waals surface area (Å²) in [4.78, 5) is 18.3. The first-order chi connectivity index (χ1) is 8.25. The molecule has 3 rings (SSSR count). The fraction of sp³-hybridized carbons (Fsp3) is 0.